The van der Waals surface area contributed by atoms with E-state index < -0.39 is 17.2 Å². The van der Waals surface area contributed by atoms with E-state index in [1.807, 2.05) is 12.1 Å². The number of carbonyl (C=O) groups is 1. The average molecular weight is 456 g/mol. The molecule has 2 aliphatic rings. The first-order valence-corrected chi connectivity index (χ1v) is 10.4. The van der Waals surface area contributed by atoms with Gasteiger partial charge in [0.05, 0.1) is 23.4 Å². The highest BCUT2D eigenvalue weighted by molar-refractivity contribution is 6.30. The van der Waals surface area contributed by atoms with Crippen molar-refractivity contribution in [3.63, 3.8) is 0 Å². The summed E-state index contributed by atoms with van der Waals surface area (Å²) in [5.74, 6) is -1.96. The molecule has 2 heterocycles. The van der Waals surface area contributed by atoms with Crippen LogP contribution in [0.1, 0.15) is 29.2 Å². The van der Waals surface area contributed by atoms with Crippen molar-refractivity contribution in [2.75, 3.05) is 16.9 Å². The van der Waals surface area contributed by atoms with Gasteiger partial charge in [0.25, 0.3) is 0 Å². The highest BCUT2D eigenvalue weighted by Crippen LogP contribution is 2.38. The lowest BCUT2D eigenvalue weighted by Crippen LogP contribution is -2.37. The number of carboxylic acids is 1. The van der Waals surface area contributed by atoms with Crippen LogP contribution in [0.4, 0.5) is 15.8 Å². The molecule has 5 rings (SSSR count). The van der Waals surface area contributed by atoms with E-state index in [0.717, 1.165) is 30.3 Å². The van der Waals surface area contributed by atoms with E-state index in [1.54, 1.807) is 29.0 Å². The lowest BCUT2D eigenvalue weighted by atomic mass is 10.1. The van der Waals surface area contributed by atoms with Gasteiger partial charge in [0.2, 0.25) is 5.43 Å². The zero-order chi connectivity index (χ0) is 22.4. The number of anilines is 2. The maximum atomic E-state index is 15.0. The molecule has 164 valence electrons. The zero-order valence-electron chi connectivity index (χ0n) is 16.7. The van der Waals surface area contributed by atoms with E-state index in [0.29, 0.717) is 17.1 Å². The molecule has 0 bridgehead atoms. The molecule has 8 nitrogen and oxygen atoms in total. The minimum absolute atomic E-state index is 0.0545. The van der Waals surface area contributed by atoms with Crippen LogP contribution in [0.25, 0.3) is 10.9 Å². The van der Waals surface area contributed by atoms with Gasteiger partial charge in [-0.05, 0) is 49.2 Å². The van der Waals surface area contributed by atoms with E-state index >= 15 is 0 Å². The molecule has 0 spiro atoms. The van der Waals surface area contributed by atoms with Crippen molar-refractivity contribution < 1.29 is 14.3 Å². The molecule has 0 saturated heterocycles. The summed E-state index contributed by atoms with van der Waals surface area (Å²) in [6.07, 6.45) is 4.83. The molecule has 0 radical (unpaired) electrons. The molecule has 2 aromatic carbocycles. The molecule has 1 aromatic heterocycles. The van der Waals surface area contributed by atoms with Crippen LogP contribution in [0.15, 0.2) is 59.3 Å². The van der Waals surface area contributed by atoms with E-state index in [-0.39, 0.29) is 22.7 Å². The standard InChI is InChI=1S/C22H19ClFN5O3/c23-12-1-3-13(4-2-12)25-9-14-10-29(27-26-14)20-8-19-16(7-18(20)24)21(30)17(22(31)32)11-28(19)15-5-6-15/h1-4,7-8,10-11,15,25-27H,5-6,9H2,(H,31,32). The van der Waals surface area contributed by atoms with Crippen molar-refractivity contribution >= 4 is 39.8 Å². The second kappa shape index (κ2) is 7.85. The maximum absolute atomic E-state index is 15.0. The minimum atomic E-state index is -1.32. The summed E-state index contributed by atoms with van der Waals surface area (Å²) in [5, 5.41) is 14.8. The van der Waals surface area contributed by atoms with E-state index in [4.69, 9.17) is 11.6 Å². The van der Waals surface area contributed by atoms with Crippen LogP contribution in [0, 0.1) is 5.82 Å². The number of nitrogens with one attached hydrogen (secondary N) is 3. The Labute approximate surface area is 186 Å². The number of benzene rings is 2. The van der Waals surface area contributed by atoms with Crippen molar-refractivity contribution in [3.8, 4) is 0 Å². The lowest BCUT2D eigenvalue weighted by molar-refractivity contribution is 0.0695. The van der Waals surface area contributed by atoms with Gasteiger partial charge in [-0.25, -0.2) is 9.18 Å². The predicted molar refractivity (Wildman–Crippen MR) is 120 cm³/mol. The van der Waals surface area contributed by atoms with Crippen LogP contribution in [-0.4, -0.2) is 22.2 Å². The summed E-state index contributed by atoms with van der Waals surface area (Å²) >= 11 is 5.90. The van der Waals surface area contributed by atoms with Crippen molar-refractivity contribution in [1.29, 1.82) is 0 Å². The second-order valence-corrected chi connectivity index (χ2v) is 8.19. The van der Waals surface area contributed by atoms with Gasteiger partial charge in [-0.1, -0.05) is 11.6 Å². The Balaban J connectivity index is 1.46. The highest BCUT2D eigenvalue weighted by atomic mass is 35.5. The number of nitrogens with zero attached hydrogens (tertiary/aromatic N) is 2. The number of hydrazine groups is 2. The van der Waals surface area contributed by atoms with Crippen LogP contribution in [0.2, 0.25) is 5.02 Å². The van der Waals surface area contributed by atoms with Crippen LogP contribution >= 0.6 is 11.6 Å². The number of hydrogen-bond donors (Lipinski definition) is 4. The summed E-state index contributed by atoms with van der Waals surface area (Å²) in [5.41, 5.74) is 7.19. The molecule has 0 atom stereocenters. The molecule has 0 amide bonds. The Morgan fingerprint density at radius 2 is 2.00 bits per heavy atom. The van der Waals surface area contributed by atoms with Gasteiger partial charge < -0.3 is 20.4 Å². The Hall–Kier alpha value is -3.56. The van der Waals surface area contributed by atoms with E-state index in [1.165, 1.54) is 11.2 Å². The van der Waals surface area contributed by atoms with Gasteiger partial charge in [-0.3, -0.25) is 9.80 Å². The fourth-order valence-electron chi connectivity index (χ4n) is 3.69. The Morgan fingerprint density at radius 3 is 2.69 bits per heavy atom. The quantitative estimate of drug-likeness (QED) is 0.450. The van der Waals surface area contributed by atoms with Gasteiger partial charge in [-0.2, -0.15) is 0 Å². The molecule has 1 aliphatic heterocycles. The first-order chi connectivity index (χ1) is 15.4. The van der Waals surface area contributed by atoms with Gasteiger partial charge in [-0.15, -0.1) is 5.53 Å². The van der Waals surface area contributed by atoms with Crippen LogP contribution in [0.5, 0.6) is 0 Å². The lowest BCUT2D eigenvalue weighted by Gasteiger charge is -2.18. The predicted octanol–water partition coefficient (Wildman–Crippen LogP) is 3.61. The minimum Gasteiger partial charge on any atom is -0.477 e. The average Bonchev–Trinajstić information content (AvgIpc) is 3.51. The van der Waals surface area contributed by atoms with Crippen LogP contribution < -0.4 is 26.7 Å². The molecule has 1 aliphatic carbocycles. The molecule has 1 saturated carbocycles. The Kier molecular flexibility index (Phi) is 4.99. The highest BCUT2D eigenvalue weighted by Gasteiger charge is 2.28. The summed E-state index contributed by atoms with van der Waals surface area (Å²) < 4.78 is 16.7. The second-order valence-electron chi connectivity index (χ2n) is 7.76. The van der Waals surface area contributed by atoms with Crippen molar-refractivity contribution in [3.05, 3.63) is 81.1 Å². The normalized spacial score (nSPS) is 15.6. The number of aromatic nitrogens is 1. The molecule has 32 heavy (non-hydrogen) atoms. The van der Waals surface area contributed by atoms with E-state index in [9.17, 15) is 19.1 Å². The number of halogens is 2. The first-order valence-electron chi connectivity index (χ1n) is 10.0. The molecule has 4 N–H and O–H groups in total. The van der Waals surface area contributed by atoms with Crippen LogP contribution in [0.3, 0.4) is 0 Å². The van der Waals surface area contributed by atoms with Crippen molar-refractivity contribution in [2.24, 2.45) is 0 Å². The van der Waals surface area contributed by atoms with Gasteiger partial charge in [0.1, 0.15) is 11.4 Å². The summed E-state index contributed by atoms with van der Waals surface area (Å²) in [7, 11) is 0. The zero-order valence-corrected chi connectivity index (χ0v) is 17.5. The molecule has 0 unspecified atom stereocenters. The molecule has 10 heteroatoms. The number of carboxylic acid groups (broad SMARTS) is 1. The smallest absolute Gasteiger partial charge is 0.341 e. The number of pyridine rings is 1. The number of hydrogen-bond acceptors (Lipinski definition) is 6. The monoisotopic (exact) mass is 455 g/mol. The third-order valence-electron chi connectivity index (χ3n) is 5.48. The summed E-state index contributed by atoms with van der Waals surface area (Å²) in [6.45, 7) is 0.453. The largest absolute Gasteiger partial charge is 0.477 e. The van der Waals surface area contributed by atoms with Gasteiger partial charge in [0, 0.05) is 34.5 Å². The van der Waals surface area contributed by atoms with Gasteiger partial charge in [0.15, 0.2) is 0 Å². The molecule has 1 fully saturated rings. The SMILES string of the molecule is O=C(O)c1cn(C2CC2)c2cc(N3C=C(CNc4ccc(Cl)cc4)NN3)c(F)cc2c1=O. The van der Waals surface area contributed by atoms with Crippen molar-refractivity contribution in [2.45, 2.75) is 18.9 Å². The third kappa shape index (κ3) is 3.76. The Morgan fingerprint density at radius 1 is 1.25 bits per heavy atom. The molecular formula is C22H19ClFN5O3. The number of rotatable bonds is 6. The van der Waals surface area contributed by atoms with Crippen LogP contribution in [-0.2, 0) is 0 Å². The summed E-state index contributed by atoms with van der Waals surface area (Å²) in [4.78, 5) is 24.1. The fraction of sp³-hybridized carbons (Fsp3) is 0.182. The van der Waals surface area contributed by atoms with Crippen molar-refractivity contribution in [1.82, 2.24) is 15.5 Å². The molecular weight excluding hydrogens is 437 g/mol. The first kappa shape index (κ1) is 20.3. The molecule has 3 aromatic rings. The topological polar surface area (TPSA) is 98.6 Å². The third-order valence-corrected chi connectivity index (χ3v) is 5.73. The fourth-order valence-corrected chi connectivity index (χ4v) is 3.81. The summed E-state index contributed by atoms with van der Waals surface area (Å²) in [6, 6.07) is 10.1. The number of fused-ring (bicyclic) bond motifs is 1. The van der Waals surface area contributed by atoms with E-state index in [2.05, 4.69) is 16.3 Å². The Bertz CT molecular complexity index is 1320. The number of aromatic carboxylic acids is 1. The maximum Gasteiger partial charge on any atom is 0.341 e. The van der Waals surface area contributed by atoms with Gasteiger partial charge >= 0.3 is 5.97 Å².